The van der Waals surface area contributed by atoms with Gasteiger partial charge in [0, 0.05) is 9.79 Å². The van der Waals surface area contributed by atoms with Crippen LogP contribution in [-0.4, -0.2) is 11.0 Å². The second-order valence-corrected chi connectivity index (χ2v) is 5.69. The van der Waals surface area contributed by atoms with Gasteiger partial charge in [0.2, 0.25) is 0 Å². The molecule has 0 atom stereocenters. The Morgan fingerprint density at radius 2 is 1.00 bits per heavy atom. The van der Waals surface area contributed by atoms with Crippen molar-refractivity contribution in [2.45, 2.75) is 34.7 Å². The van der Waals surface area contributed by atoms with Crippen LogP contribution in [0.5, 0.6) is 0 Å². The Kier molecular flexibility index (Phi) is 4.53. The van der Waals surface area contributed by atoms with Gasteiger partial charge in [-0.3, -0.25) is 0 Å². The lowest BCUT2D eigenvalue weighted by molar-refractivity contribution is -0.0346. The Bertz CT molecular complexity index is 394. The molecule has 0 heterocycles. The number of rotatable bonds is 2. The van der Waals surface area contributed by atoms with Crippen LogP contribution >= 0.6 is 23.5 Å². The van der Waals surface area contributed by atoms with E-state index in [4.69, 9.17) is 0 Å². The zero-order valence-electron chi connectivity index (χ0n) is 9.24. The summed E-state index contributed by atoms with van der Waals surface area (Å²) in [7, 11) is 0. The monoisotopic (exact) mass is 306 g/mol. The maximum Gasteiger partial charge on any atom is 0.446 e. The highest BCUT2D eigenvalue weighted by Crippen LogP contribution is 2.46. The molecular formula is C10H8F6S2. The second-order valence-electron chi connectivity index (χ2n) is 3.48. The van der Waals surface area contributed by atoms with Crippen LogP contribution in [0.4, 0.5) is 26.3 Å². The van der Waals surface area contributed by atoms with E-state index in [9.17, 15) is 26.3 Å². The third-order valence-electron chi connectivity index (χ3n) is 2.01. The summed E-state index contributed by atoms with van der Waals surface area (Å²) in [5.74, 6) is 0. The maximum atomic E-state index is 12.3. The number of hydrogen-bond donors (Lipinski definition) is 0. The molecule has 1 rings (SSSR count). The molecule has 8 heteroatoms. The highest BCUT2D eigenvalue weighted by atomic mass is 32.2. The molecule has 0 nitrogen and oxygen atoms in total. The van der Waals surface area contributed by atoms with E-state index in [1.165, 1.54) is 0 Å². The summed E-state index contributed by atoms with van der Waals surface area (Å²) < 4.78 is 73.6. The van der Waals surface area contributed by atoms with Gasteiger partial charge in [0.05, 0.1) is 0 Å². The molecule has 0 N–H and O–H groups in total. The van der Waals surface area contributed by atoms with Crippen molar-refractivity contribution in [1.29, 1.82) is 0 Å². The molecule has 1 aromatic rings. The van der Waals surface area contributed by atoms with Crippen molar-refractivity contribution in [3.8, 4) is 0 Å². The van der Waals surface area contributed by atoms with Crippen molar-refractivity contribution in [1.82, 2.24) is 0 Å². The number of benzene rings is 1. The van der Waals surface area contributed by atoms with Gasteiger partial charge in [0.15, 0.2) is 0 Å². The number of halogens is 6. The predicted molar refractivity (Wildman–Crippen MR) is 59.7 cm³/mol. The first-order valence-electron chi connectivity index (χ1n) is 4.61. The Balaban J connectivity index is 3.17. The standard InChI is InChI=1S/C10H8F6S2/c1-5-3-7(17-9(11,12)13)8(4-6(5)2)18-10(14,15)16/h3-4H,1-2H3. The predicted octanol–water partition coefficient (Wildman–Crippen LogP) is 5.53. The molecule has 102 valence electrons. The number of thioether (sulfide) groups is 2. The third-order valence-corrected chi connectivity index (χ3v) is 3.72. The van der Waals surface area contributed by atoms with Gasteiger partial charge in [-0.1, -0.05) is 0 Å². The van der Waals surface area contributed by atoms with E-state index < -0.39 is 44.3 Å². The van der Waals surface area contributed by atoms with Crippen LogP contribution in [0, 0.1) is 13.8 Å². The molecule has 0 spiro atoms. The van der Waals surface area contributed by atoms with E-state index in [-0.39, 0.29) is 0 Å². The number of hydrogen-bond acceptors (Lipinski definition) is 2. The van der Waals surface area contributed by atoms with Crippen molar-refractivity contribution in [3.63, 3.8) is 0 Å². The molecule has 18 heavy (non-hydrogen) atoms. The summed E-state index contributed by atoms with van der Waals surface area (Å²) in [4.78, 5) is -0.846. The van der Waals surface area contributed by atoms with Crippen molar-refractivity contribution in [2.75, 3.05) is 0 Å². The van der Waals surface area contributed by atoms with Gasteiger partial charge < -0.3 is 0 Å². The van der Waals surface area contributed by atoms with Crippen molar-refractivity contribution >= 4 is 23.5 Å². The first-order valence-corrected chi connectivity index (χ1v) is 6.24. The number of alkyl halides is 6. The fourth-order valence-corrected chi connectivity index (χ4v) is 2.71. The summed E-state index contributed by atoms with van der Waals surface area (Å²) in [6.07, 6.45) is 0. The maximum absolute atomic E-state index is 12.3. The number of aryl methyl sites for hydroxylation is 2. The Morgan fingerprint density at radius 3 is 1.22 bits per heavy atom. The zero-order chi connectivity index (χ0) is 14.1. The molecule has 0 saturated carbocycles. The third kappa shape index (κ3) is 5.01. The molecule has 0 radical (unpaired) electrons. The first kappa shape index (κ1) is 15.6. The molecule has 0 aromatic heterocycles. The van der Waals surface area contributed by atoms with Crippen LogP contribution in [-0.2, 0) is 0 Å². The lowest BCUT2D eigenvalue weighted by Gasteiger charge is -2.14. The molecule has 1 aromatic carbocycles. The molecular weight excluding hydrogens is 298 g/mol. The largest absolute Gasteiger partial charge is 0.446 e. The van der Waals surface area contributed by atoms with E-state index in [0.717, 1.165) is 12.1 Å². The second kappa shape index (κ2) is 5.24. The van der Waals surface area contributed by atoms with Crippen LogP contribution in [0.25, 0.3) is 0 Å². The molecule has 0 aliphatic rings. The molecule has 0 aliphatic heterocycles. The Morgan fingerprint density at radius 1 is 0.722 bits per heavy atom. The summed E-state index contributed by atoms with van der Waals surface area (Å²) in [6, 6.07) is 2.25. The van der Waals surface area contributed by atoms with E-state index >= 15 is 0 Å². The van der Waals surface area contributed by atoms with E-state index in [2.05, 4.69) is 0 Å². The van der Waals surface area contributed by atoms with Crippen LogP contribution in [0.1, 0.15) is 11.1 Å². The topological polar surface area (TPSA) is 0 Å². The van der Waals surface area contributed by atoms with Gasteiger partial charge in [-0.15, -0.1) is 0 Å². The lowest BCUT2D eigenvalue weighted by atomic mass is 10.1. The van der Waals surface area contributed by atoms with Crippen molar-refractivity contribution in [3.05, 3.63) is 23.3 Å². The van der Waals surface area contributed by atoms with Crippen molar-refractivity contribution in [2.24, 2.45) is 0 Å². The SMILES string of the molecule is Cc1cc(SC(F)(F)F)c(SC(F)(F)F)cc1C. The minimum absolute atomic E-state index is 0.423. The normalized spacial score (nSPS) is 12.9. The molecule has 0 bridgehead atoms. The molecule has 0 aliphatic carbocycles. The van der Waals surface area contributed by atoms with Crippen molar-refractivity contribution < 1.29 is 26.3 Å². The van der Waals surface area contributed by atoms with E-state index in [1.807, 2.05) is 0 Å². The summed E-state index contributed by atoms with van der Waals surface area (Å²) in [6.45, 7) is 3.11. The molecule has 0 unspecified atom stereocenters. The summed E-state index contributed by atoms with van der Waals surface area (Å²) in [5.41, 5.74) is -8.17. The minimum atomic E-state index is -4.61. The lowest BCUT2D eigenvalue weighted by Crippen LogP contribution is -2.04. The quantitative estimate of drug-likeness (QED) is 0.520. The molecule has 0 amide bonds. The Labute approximate surface area is 108 Å². The summed E-state index contributed by atoms with van der Waals surface area (Å²) in [5, 5.41) is 0. The van der Waals surface area contributed by atoms with Crippen LogP contribution in [0.3, 0.4) is 0 Å². The van der Waals surface area contributed by atoms with E-state index in [1.54, 1.807) is 13.8 Å². The van der Waals surface area contributed by atoms with Gasteiger partial charge in [0.25, 0.3) is 0 Å². The highest BCUT2D eigenvalue weighted by Gasteiger charge is 2.35. The fourth-order valence-electron chi connectivity index (χ4n) is 1.17. The van der Waals surface area contributed by atoms with Crippen LogP contribution in [0.2, 0.25) is 0 Å². The smallest absolute Gasteiger partial charge is 0.160 e. The molecule has 0 fully saturated rings. The fraction of sp³-hybridized carbons (Fsp3) is 0.400. The van der Waals surface area contributed by atoms with Crippen LogP contribution in [0.15, 0.2) is 21.9 Å². The van der Waals surface area contributed by atoms with E-state index in [0.29, 0.717) is 11.1 Å². The van der Waals surface area contributed by atoms with Gasteiger partial charge in [0.1, 0.15) is 0 Å². The average Bonchev–Trinajstić information content (AvgIpc) is 2.08. The van der Waals surface area contributed by atoms with Gasteiger partial charge in [-0.05, 0) is 60.6 Å². The van der Waals surface area contributed by atoms with Gasteiger partial charge >= 0.3 is 11.0 Å². The molecule has 0 saturated heterocycles. The Hall–Kier alpha value is -0.500. The zero-order valence-corrected chi connectivity index (χ0v) is 10.9. The highest BCUT2D eigenvalue weighted by molar-refractivity contribution is 8.03. The summed E-state index contributed by atoms with van der Waals surface area (Å²) >= 11 is -1.06. The average molecular weight is 306 g/mol. The van der Waals surface area contributed by atoms with Gasteiger partial charge in [-0.25, -0.2) is 0 Å². The minimum Gasteiger partial charge on any atom is -0.160 e. The van der Waals surface area contributed by atoms with Crippen LogP contribution < -0.4 is 0 Å². The first-order chi connectivity index (χ1) is 7.98. The van der Waals surface area contributed by atoms with Gasteiger partial charge in [-0.2, -0.15) is 26.3 Å².